The molecule has 4 nitrogen and oxygen atoms in total. The largest absolute Gasteiger partial charge is 0.493 e. The van der Waals surface area contributed by atoms with E-state index in [1.165, 1.54) is 18.4 Å². The summed E-state index contributed by atoms with van der Waals surface area (Å²) < 4.78 is 17.5. The molecule has 1 saturated carbocycles. The molecule has 4 heteroatoms. The third-order valence-corrected chi connectivity index (χ3v) is 5.70. The summed E-state index contributed by atoms with van der Waals surface area (Å²) in [5.41, 5.74) is 2.42. The minimum Gasteiger partial charge on any atom is -0.493 e. The van der Waals surface area contributed by atoms with Gasteiger partial charge in [-0.2, -0.15) is 0 Å². The molecule has 0 bridgehead atoms. The van der Waals surface area contributed by atoms with E-state index in [0.29, 0.717) is 0 Å². The van der Waals surface area contributed by atoms with Gasteiger partial charge in [0.25, 0.3) is 0 Å². The van der Waals surface area contributed by atoms with E-state index in [2.05, 4.69) is 41.7 Å². The van der Waals surface area contributed by atoms with Crippen LogP contribution in [0.3, 0.4) is 0 Å². The van der Waals surface area contributed by atoms with Crippen LogP contribution in [-0.4, -0.2) is 19.8 Å². The first-order valence-corrected chi connectivity index (χ1v) is 9.45. The Kier molecular flexibility index (Phi) is 4.77. The minimum absolute atomic E-state index is 0.0407. The van der Waals surface area contributed by atoms with E-state index in [1.807, 2.05) is 6.07 Å². The van der Waals surface area contributed by atoms with Gasteiger partial charge in [0.2, 0.25) is 0 Å². The summed E-state index contributed by atoms with van der Waals surface area (Å²) in [7, 11) is 3.35. The van der Waals surface area contributed by atoms with E-state index >= 15 is 0 Å². The Morgan fingerprint density at radius 1 is 1.04 bits per heavy atom. The Bertz CT molecular complexity index is 753. The van der Waals surface area contributed by atoms with Crippen molar-refractivity contribution < 1.29 is 14.2 Å². The molecule has 4 rings (SSSR count). The van der Waals surface area contributed by atoms with Gasteiger partial charge < -0.3 is 19.5 Å². The molecule has 1 unspecified atom stereocenters. The third kappa shape index (κ3) is 3.26. The van der Waals surface area contributed by atoms with Crippen LogP contribution in [0.4, 0.5) is 0 Å². The Balaban J connectivity index is 1.66. The van der Waals surface area contributed by atoms with Crippen LogP contribution < -0.4 is 19.5 Å². The number of nitrogens with one attached hydrogen (secondary N) is 1. The van der Waals surface area contributed by atoms with Crippen LogP contribution in [0, 0.1) is 0 Å². The van der Waals surface area contributed by atoms with Crippen molar-refractivity contribution in [3.63, 3.8) is 0 Å². The van der Waals surface area contributed by atoms with Crippen LogP contribution in [0.1, 0.15) is 49.3 Å². The highest BCUT2D eigenvalue weighted by Gasteiger charge is 2.43. The summed E-state index contributed by atoms with van der Waals surface area (Å²) in [6, 6.07) is 14.8. The van der Waals surface area contributed by atoms with Crippen LogP contribution in [0.15, 0.2) is 42.5 Å². The molecule has 26 heavy (non-hydrogen) atoms. The summed E-state index contributed by atoms with van der Waals surface area (Å²) >= 11 is 0. The zero-order valence-corrected chi connectivity index (χ0v) is 15.6. The van der Waals surface area contributed by atoms with Crippen molar-refractivity contribution in [2.24, 2.45) is 0 Å². The fourth-order valence-corrected chi connectivity index (χ4v) is 4.34. The molecule has 1 N–H and O–H groups in total. The van der Waals surface area contributed by atoms with Gasteiger partial charge >= 0.3 is 0 Å². The molecule has 2 aromatic rings. The van der Waals surface area contributed by atoms with Gasteiger partial charge in [-0.1, -0.05) is 30.3 Å². The van der Waals surface area contributed by atoms with E-state index in [1.54, 1.807) is 14.2 Å². The lowest BCUT2D eigenvalue weighted by Gasteiger charge is -2.40. The van der Waals surface area contributed by atoms with Crippen LogP contribution in [0.25, 0.3) is 0 Å². The second kappa shape index (κ2) is 7.20. The number of benzene rings is 2. The maximum atomic E-state index is 6.53. The summed E-state index contributed by atoms with van der Waals surface area (Å²) in [5.74, 6) is 2.41. The Hall–Kier alpha value is -2.20. The van der Waals surface area contributed by atoms with E-state index in [9.17, 15) is 0 Å². The summed E-state index contributed by atoms with van der Waals surface area (Å²) in [5, 5.41) is 3.76. The molecule has 138 valence electrons. The summed E-state index contributed by atoms with van der Waals surface area (Å²) in [6.07, 6.45) is 5.75. The number of rotatable bonds is 5. The molecule has 0 saturated heterocycles. The van der Waals surface area contributed by atoms with Crippen molar-refractivity contribution in [1.29, 1.82) is 0 Å². The van der Waals surface area contributed by atoms with Crippen molar-refractivity contribution in [3.05, 3.63) is 53.6 Å². The van der Waals surface area contributed by atoms with Gasteiger partial charge in [0.15, 0.2) is 11.5 Å². The van der Waals surface area contributed by atoms with Crippen LogP contribution >= 0.6 is 0 Å². The zero-order chi connectivity index (χ0) is 18.0. The average Bonchev–Trinajstić information content (AvgIpc) is 3.13. The van der Waals surface area contributed by atoms with Gasteiger partial charge in [0.05, 0.1) is 14.2 Å². The van der Waals surface area contributed by atoms with Gasteiger partial charge in [-0.15, -0.1) is 0 Å². The van der Waals surface area contributed by atoms with Crippen molar-refractivity contribution in [3.8, 4) is 17.2 Å². The van der Waals surface area contributed by atoms with E-state index in [4.69, 9.17) is 14.2 Å². The quantitative estimate of drug-likeness (QED) is 0.851. The van der Waals surface area contributed by atoms with E-state index in [-0.39, 0.29) is 11.6 Å². The van der Waals surface area contributed by atoms with Crippen molar-refractivity contribution in [2.75, 3.05) is 14.2 Å². The number of hydrogen-bond acceptors (Lipinski definition) is 4. The lowest BCUT2D eigenvalue weighted by Crippen LogP contribution is -2.42. The summed E-state index contributed by atoms with van der Waals surface area (Å²) in [6.45, 7) is 0.843. The second-order valence-electron chi connectivity index (χ2n) is 7.36. The lowest BCUT2D eigenvalue weighted by atomic mass is 9.85. The van der Waals surface area contributed by atoms with Crippen LogP contribution in [0.2, 0.25) is 0 Å². The lowest BCUT2D eigenvalue weighted by molar-refractivity contribution is 0.0360. The van der Waals surface area contributed by atoms with Gasteiger partial charge in [-0.25, -0.2) is 0 Å². The second-order valence-corrected chi connectivity index (χ2v) is 7.36. The molecule has 0 aromatic heterocycles. The molecular formula is C22H27NO3. The Morgan fingerprint density at radius 3 is 2.42 bits per heavy atom. The number of fused-ring (bicyclic) bond motifs is 1. The van der Waals surface area contributed by atoms with Gasteiger partial charge in [-0.05, 0) is 37.3 Å². The normalized spacial score (nSPS) is 20.5. The fourth-order valence-electron chi connectivity index (χ4n) is 4.34. The predicted molar refractivity (Wildman–Crippen MR) is 102 cm³/mol. The van der Waals surface area contributed by atoms with E-state index < -0.39 is 0 Å². The zero-order valence-electron chi connectivity index (χ0n) is 15.6. The van der Waals surface area contributed by atoms with Crippen LogP contribution in [-0.2, 0) is 6.54 Å². The maximum absolute atomic E-state index is 6.53. The number of hydrogen-bond donors (Lipinski definition) is 1. The molecule has 1 heterocycles. The topological polar surface area (TPSA) is 39.7 Å². The molecule has 1 aliphatic carbocycles. The molecule has 1 aliphatic heterocycles. The molecule has 2 aliphatic rings. The van der Waals surface area contributed by atoms with E-state index in [0.717, 1.165) is 48.6 Å². The number of methoxy groups -OCH3 is 2. The first kappa shape index (κ1) is 17.2. The highest BCUT2D eigenvalue weighted by molar-refractivity contribution is 5.53. The minimum atomic E-state index is -0.0407. The van der Waals surface area contributed by atoms with Gasteiger partial charge in [0.1, 0.15) is 11.4 Å². The monoisotopic (exact) mass is 353 g/mol. The molecule has 1 spiro atoms. The molecule has 1 atom stereocenters. The molecule has 0 amide bonds. The molecule has 0 radical (unpaired) electrons. The molecule has 1 fully saturated rings. The molecule has 2 aromatic carbocycles. The van der Waals surface area contributed by atoms with Crippen molar-refractivity contribution in [2.45, 2.75) is 50.3 Å². The van der Waals surface area contributed by atoms with Gasteiger partial charge in [-0.3, -0.25) is 0 Å². The van der Waals surface area contributed by atoms with Gasteiger partial charge in [0, 0.05) is 30.6 Å². The maximum Gasteiger partial charge on any atom is 0.164 e. The Labute approximate surface area is 155 Å². The Morgan fingerprint density at radius 2 is 1.73 bits per heavy atom. The fraction of sp³-hybridized carbons (Fsp3) is 0.455. The first-order valence-electron chi connectivity index (χ1n) is 9.45. The average molecular weight is 353 g/mol. The standard InChI is InChI=1S/C22H27NO3/c1-24-20-12-17-18(23-15-16-8-4-3-5-9-16)14-22(10-6-7-11-22)26-19(17)13-21(20)25-2/h3-5,8-9,12-13,18,23H,6-7,10-11,14-15H2,1-2H3. The number of ether oxygens (including phenoxy) is 3. The summed E-state index contributed by atoms with van der Waals surface area (Å²) in [4.78, 5) is 0. The van der Waals surface area contributed by atoms with Crippen molar-refractivity contribution >= 4 is 0 Å². The smallest absolute Gasteiger partial charge is 0.164 e. The predicted octanol–water partition coefficient (Wildman–Crippen LogP) is 4.63. The SMILES string of the molecule is COc1cc2c(cc1OC)C(NCc1ccccc1)CC1(CCCC1)O2. The van der Waals surface area contributed by atoms with Crippen molar-refractivity contribution in [1.82, 2.24) is 5.32 Å². The highest BCUT2D eigenvalue weighted by atomic mass is 16.5. The van der Waals surface area contributed by atoms with Crippen LogP contribution in [0.5, 0.6) is 17.2 Å². The molecular weight excluding hydrogens is 326 g/mol. The first-order chi connectivity index (χ1) is 12.7. The third-order valence-electron chi connectivity index (χ3n) is 5.70. The highest BCUT2D eigenvalue weighted by Crippen LogP contribution is 2.50.